The van der Waals surface area contributed by atoms with Gasteiger partial charge in [0.2, 0.25) is 0 Å². The molecule has 0 radical (unpaired) electrons. The zero-order valence-electron chi connectivity index (χ0n) is 29.9. The maximum atomic E-state index is 12.2. The first kappa shape index (κ1) is 43.1. The van der Waals surface area contributed by atoms with Crippen LogP contribution in [0.5, 0.6) is 34.5 Å². The Kier molecular flexibility index (Phi) is 11.0. The van der Waals surface area contributed by atoms with Crippen molar-refractivity contribution in [1.29, 1.82) is 0 Å². The maximum absolute atomic E-state index is 12.2. The van der Waals surface area contributed by atoms with Crippen LogP contribution in [-0.4, -0.2) is 86.5 Å². The lowest BCUT2D eigenvalue weighted by molar-refractivity contribution is 0.415. The maximum Gasteiger partial charge on any atom is 0.155 e. The number of hydrogen-bond acceptors (Lipinski definition) is 22. The Hall–Kier alpha value is -6.52. The number of aromatic hydroxyl groups is 4. The van der Waals surface area contributed by atoms with Gasteiger partial charge >= 0.3 is 0 Å². The van der Waals surface area contributed by atoms with E-state index in [0.717, 1.165) is 0 Å². The number of nitrogens with zero attached hydrogens (tertiary/aromatic N) is 4. The predicted octanol–water partition coefficient (Wildman–Crippen LogP) is 4.95. The minimum absolute atomic E-state index is 0.0136. The number of phenols is 4. The van der Waals surface area contributed by atoms with E-state index in [0.29, 0.717) is 47.5 Å². The van der Waals surface area contributed by atoms with Crippen molar-refractivity contribution in [2.45, 2.75) is 19.6 Å². The molecule has 6 aromatic carbocycles. The average molecular weight is 903 g/mol. The molecule has 0 amide bonds. The Bertz CT molecular complexity index is 3110. The van der Waals surface area contributed by atoms with Crippen molar-refractivity contribution in [3.05, 3.63) is 72.8 Å². The molecule has 0 aromatic heterocycles. The van der Waals surface area contributed by atoms with Crippen molar-refractivity contribution in [3.8, 4) is 45.6 Å². The lowest BCUT2D eigenvalue weighted by atomic mass is 10.0. The second kappa shape index (κ2) is 15.3. The van der Waals surface area contributed by atoms with E-state index < -0.39 is 116 Å². The number of azo groups is 2. The zero-order chi connectivity index (χ0) is 44.3. The fourth-order valence-corrected chi connectivity index (χ4v) is 8.17. The molecule has 0 spiro atoms. The molecule has 26 heteroatoms. The monoisotopic (exact) mass is 902 g/mol. The molecule has 0 atom stereocenters. The quantitative estimate of drug-likeness (QED) is 0.0987. The predicted molar refractivity (Wildman–Crippen MR) is 200 cm³/mol. The third-order valence-electron chi connectivity index (χ3n) is 8.53. The first-order chi connectivity index (χ1) is 27.8. The summed E-state index contributed by atoms with van der Waals surface area (Å²) < 4.78 is 153. The van der Waals surface area contributed by atoms with Crippen LogP contribution >= 0.6 is 0 Å². The Morgan fingerprint density at radius 3 is 1.12 bits per heavy atom. The van der Waals surface area contributed by atoms with E-state index in [1.54, 1.807) is 0 Å². The summed E-state index contributed by atoms with van der Waals surface area (Å²) in [6.45, 7) is 0. The summed E-state index contributed by atoms with van der Waals surface area (Å²) in [5.74, 6) is -4.13. The van der Waals surface area contributed by atoms with Crippen molar-refractivity contribution in [3.63, 3.8) is 0 Å². The molecule has 0 heterocycles. The summed E-state index contributed by atoms with van der Waals surface area (Å²) in [4.78, 5) is -4.31. The van der Waals surface area contributed by atoms with Gasteiger partial charge in [-0.25, -0.2) is 33.7 Å². The van der Waals surface area contributed by atoms with Gasteiger partial charge in [0.05, 0.1) is 44.6 Å². The highest BCUT2D eigenvalue weighted by Gasteiger charge is 2.23. The van der Waals surface area contributed by atoms with E-state index in [1.165, 1.54) is 50.6 Å². The summed E-state index contributed by atoms with van der Waals surface area (Å²) in [5.41, 5.74) is -1.27. The minimum atomic E-state index is -5.45. The Labute approximate surface area is 338 Å². The summed E-state index contributed by atoms with van der Waals surface area (Å²) in [6.07, 6.45) is 0. The van der Waals surface area contributed by atoms with Gasteiger partial charge in [-0.3, -0.25) is 0 Å². The van der Waals surface area contributed by atoms with Gasteiger partial charge < -0.3 is 48.1 Å². The number of phenolic OH excluding ortho intramolecular Hbond substituents is 4. The van der Waals surface area contributed by atoms with Crippen LogP contribution in [0.3, 0.4) is 0 Å². The molecule has 0 aliphatic rings. The number of fused-ring (bicyclic) bond motifs is 2. The fraction of sp³-hybridized carbons (Fsp3) is 0.0588. The van der Waals surface area contributed by atoms with Gasteiger partial charge in [0, 0.05) is 0 Å². The summed E-state index contributed by atoms with van der Waals surface area (Å²) in [5, 5.41) is 55.7. The third kappa shape index (κ3) is 8.33. The van der Waals surface area contributed by atoms with Gasteiger partial charge in [-0.15, -0.1) is 20.5 Å². The Balaban J connectivity index is 1.38. The van der Waals surface area contributed by atoms with Crippen LogP contribution in [0.1, 0.15) is 0 Å². The van der Waals surface area contributed by atoms with Crippen LogP contribution in [0.2, 0.25) is 0 Å². The second-order valence-corrected chi connectivity index (χ2v) is 17.7. The first-order valence-corrected chi connectivity index (χ1v) is 21.6. The number of rotatable bonds is 11. The second-order valence-electron chi connectivity index (χ2n) is 12.2. The summed E-state index contributed by atoms with van der Waals surface area (Å²) in [7, 11) is -18.8. The average Bonchev–Trinajstić information content (AvgIpc) is 3.14. The van der Waals surface area contributed by atoms with Gasteiger partial charge in [-0.05, 0) is 82.6 Å². The molecule has 314 valence electrons. The Morgan fingerprint density at radius 1 is 0.467 bits per heavy atom. The summed E-state index contributed by atoms with van der Waals surface area (Å²) >= 11 is 0. The van der Waals surface area contributed by atoms with E-state index in [9.17, 15) is 72.3 Å². The van der Waals surface area contributed by atoms with Crippen LogP contribution in [0.25, 0.3) is 32.7 Å². The van der Waals surface area contributed by atoms with E-state index in [-0.39, 0.29) is 22.9 Å². The van der Waals surface area contributed by atoms with E-state index in [4.69, 9.17) is 9.47 Å². The van der Waals surface area contributed by atoms with Gasteiger partial charge in [-0.1, -0.05) is 12.1 Å². The lowest BCUT2D eigenvalue weighted by Gasteiger charge is -2.16. The zero-order valence-corrected chi connectivity index (χ0v) is 33.1. The van der Waals surface area contributed by atoms with Crippen molar-refractivity contribution >= 4 is 84.8 Å². The number of ether oxygens (including phenoxy) is 2. The molecule has 0 saturated carbocycles. The van der Waals surface area contributed by atoms with E-state index in [1.807, 2.05) is 0 Å². The summed E-state index contributed by atoms with van der Waals surface area (Å²) in [6, 6.07) is 11.9. The van der Waals surface area contributed by atoms with Crippen LogP contribution in [-0.2, 0) is 40.5 Å². The Morgan fingerprint density at radius 2 is 0.817 bits per heavy atom. The highest BCUT2D eigenvalue weighted by Crippen LogP contribution is 2.48. The molecule has 6 rings (SSSR count). The SMILES string of the molecule is COc1cc(-c2ccc(N=Nc3c(S(=O)(=O)[O-])cc4cc(S(=O)(=O)[O-])cc(O)c4c3O)c(OC)c2)ccc1N=Nc1c(S(=O)(=O)[O-])cc2cc(S(=O)(=O)[O-])cc(O)c2c1O. The number of benzene rings is 6. The number of hydrogen-bond donors (Lipinski definition) is 4. The molecule has 22 nitrogen and oxygen atoms in total. The van der Waals surface area contributed by atoms with Crippen molar-refractivity contribution in [2.24, 2.45) is 20.5 Å². The van der Waals surface area contributed by atoms with Gasteiger partial charge in [0.25, 0.3) is 0 Å². The molecular formula is C34H22N4O18S4-4. The molecule has 0 aliphatic heterocycles. The van der Waals surface area contributed by atoms with Crippen molar-refractivity contribution in [2.75, 3.05) is 14.2 Å². The third-order valence-corrected chi connectivity index (χ3v) is 11.9. The van der Waals surface area contributed by atoms with E-state index in [2.05, 4.69) is 20.5 Å². The van der Waals surface area contributed by atoms with Crippen LogP contribution in [0.15, 0.2) is 113 Å². The molecule has 0 saturated heterocycles. The van der Waals surface area contributed by atoms with Gasteiger partial charge in [-0.2, -0.15) is 0 Å². The molecule has 60 heavy (non-hydrogen) atoms. The molecule has 4 N–H and O–H groups in total. The highest BCUT2D eigenvalue weighted by atomic mass is 32.2. The van der Waals surface area contributed by atoms with Crippen LogP contribution in [0, 0.1) is 0 Å². The molecule has 6 aromatic rings. The molecule has 0 bridgehead atoms. The van der Waals surface area contributed by atoms with Crippen LogP contribution in [0.4, 0.5) is 22.7 Å². The van der Waals surface area contributed by atoms with Crippen molar-refractivity contribution < 1.29 is 81.8 Å². The largest absolute Gasteiger partial charge is 0.744 e. The molecule has 0 fully saturated rings. The van der Waals surface area contributed by atoms with Gasteiger partial charge in [0.1, 0.15) is 86.2 Å². The number of methoxy groups -OCH3 is 2. The smallest absolute Gasteiger partial charge is 0.155 e. The van der Waals surface area contributed by atoms with Crippen LogP contribution < -0.4 is 9.47 Å². The van der Waals surface area contributed by atoms with Gasteiger partial charge in [0.15, 0.2) is 11.5 Å². The fourth-order valence-electron chi connectivity index (χ4n) is 5.83. The topological polar surface area (TPSA) is 378 Å². The molecular weight excluding hydrogens is 881 g/mol. The standard InChI is InChI=1S/C34H26N4O18S4/c1-55-25-9-15(3-5-21(25)35-37-31-27(59(49,50)51)11-17-7-19(57(43,44)45)13-23(39)29(17)33(31)41)16-4-6-22(26(10-16)56-2)36-38-32-28(60(52,53)54)12-18-8-20(58(46,47)48)14-24(40)30(18)34(32)42/h3-14,39-42H,1-2H3,(H,43,44,45)(H,46,47,48)(H,49,50,51)(H,52,53,54)/p-4. The minimum Gasteiger partial charge on any atom is -0.744 e. The highest BCUT2D eigenvalue weighted by molar-refractivity contribution is 7.86. The molecule has 0 unspecified atom stereocenters. The first-order valence-electron chi connectivity index (χ1n) is 15.9. The van der Waals surface area contributed by atoms with Crippen molar-refractivity contribution in [1.82, 2.24) is 0 Å². The normalized spacial score (nSPS) is 12.8. The van der Waals surface area contributed by atoms with E-state index >= 15 is 0 Å². The molecule has 0 aliphatic carbocycles. The lowest BCUT2D eigenvalue weighted by Crippen LogP contribution is -2.01.